The van der Waals surface area contributed by atoms with Crippen molar-refractivity contribution in [3.63, 3.8) is 0 Å². The molecule has 0 aliphatic heterocycles. The molecule has 0 N–H and O–H groups in total. The van der Waals surface area contributed by atoms with Crippen LogP contribution in [0.3, 0.4) is 0 Å². The van der Waals surface area contributed by atoms with Crippen molar-refractivity contribution in [1.82, 2.24) is 0 Å². The van der Waals surface area contributed by atoms with Gasteiger partial charge in [-0.05, 0) is 89.0 Å². The number of para-hydroxylation sites is 5. The Morgan fingerprint density at radius 1 is 0.221 bits per heavy atom. The van der Waals surface area contributed by atoms with Gasteiger partial charge in [-0.15, -0.1) is 0 Å². The van der Waals surface area contributed by atoms with Gasteiger partial charge in [-0.2, -0.15) is 0 Å². The van der Waals surface area contributed by atoms with Crippen molar-refractivity contribution in [3.05, 3.63) is 279 Å². The molecule has 0 saturated carbocycles. The molecule has 3 aromatic heterocycles. The molecule has 0 atom stereocenters. The maximum atomic E-state index is 7.28. The average molecular weight is 987 g/mol. The van der Waals surface area contributed by atoms with Crippen molar-refractivity contribution in [3.8, 4) is 44.5 Å². The summed E-state index contributed by atoms with van der Waals surface area (Å²) in [5, 5.41) is 6.14. The van der Waals surface area contributed by atoms with E-state index in [1.165, 1.54) is 0 Å². The van der Waals surface area contributed by atoms with Crippen molar-refractivity contribution < 1.29 is 13.3 Å². The summed E-state index contributed by atoms with van der Waals surface area (Å²) in [4.78, 5) is 4.90. The Hall–Kier alpha value is -10.4. The number of hydrogen-bond acceptors (Lipinski definition) is 5. The van der Waals surface area contributed by atoms with Gasteiger partial charge in [0.2, 0.25) is 0 Å². The zero-order valence-corrected chi connectivity index (χ0v) is 41.7. The number of fused-ring (bicyclic) bond motifs is 9. The molecule has 0 bridgehead atoms. The van der Waals surface area contributed by atoms with E-state index in [2.05, 4.69) is 265 Å². The molecule has 0 aliphatic carbocycles. The Balaban J connectivity index is 1.11. The number of anilines is 6. The van der Waals surface area contributed by atoms with Crippen LogP contribution in [0.2, 0.25) is 0 Å². The van der Waals surface area contributed by atoms with Crippen molar-refractivity contribution in [1.29, 1.82) is 0 Å². The normalized spacial score (nSPS) is 11.6. The van der Waals surface area contributed by atoms with Gasteiger partial charge in [0, 0.05) is 71.6 Å². The van der Waals surface area contributed by atoms with Crippen LogP contribution in [0.15, 0.2) is 292 Å². The van der Waals surface area contributed by atoms with Gasteiger partial charge in [0.25, 0.3) is 0 Å². The largest absolute Gasteiger partial charge is 0.456 e. The lowest BCUT2D eigenvalue weighted by molar-refractivity contribution is 0.668. The summed E-state index contributed by atoms with van der Waals surface area (Å²) < 4.78 is 20.3. The van der Waals surface area contributed by atoms with E-state index >= 15 is 0 Å². The molecule has 0 fully saturated rings. The molecule has 3 heterocycles. The molecular formula is C72H46N2O3. The van der Waals surface area contributed by atoms with Gasteiger partial charge in [-0.3, -0.25) is 0 Å². The van der Waals surface area contributed by atoms with Crippen LogP contribution >= 0.6 is 0 Å². The Morgan fingerprint density at radius 2 is 0.558 bits per heavy atom. The second-order valence-electron chi connectivity index (χ2n) is 19.5. The van der Waals surface area contributed by atoms with Crippen molar-refractivity contribution in [2.45, 2.75) is 0 Å². The van der Waals surface area contributed by atoms with Crippen LogP contribution in [-0.4, -0.2) is 0 Å². The number of nitrogens with zero attached hydrogens (tertiary/aromatic N) is 2. The number of hydrogen-bond donors (Lipinski definition) is 0. The van der Waals surface area contributed by atoms with Crippen molar-refractivity contribution in [2.75, 3.05) is 9.80 Å². The highest BCUT2D eigenvalue weighted by Gasteiger charge is 2.30. The van der Waals surface area contributed by atoms with Crippen LogP contribution in [0.4, 0.5) is 34.1 Å². The van der Waals surface area contributed by atoms with Crippen LogP contribution in [0.5, 0.6) is 0 Å². The van der Waals surface area contributed by atoms with E-state index in [0.29, 0.717) is 0 Å². The maximum Gasteiger partial charge on any atom is 0.159 e. The first-order valence-corrected chi connectivity index (χ1v) is 26.1. The summed E-state index contributed by atoms with van der Waals surface area (Å²) >= 11 is 0. The molecule has 0 spiro atoms. The predicted octanol–water partition coefficient (Wildman–Crippen LogP) is 21.0. The second kappa shape index (κ2) is 18.2. The summed E-state index contributed by atoms with van der Waals surface area (Å²) in [6.45, 7) is 0. The molecule has 15 aromatic rings. The van der Waals surface area contributed by atoms with Crippen LogP contribution in [0.1, 0.15) is 0 Å². The Labute approximate surface area is 444 Å². The first-order valence-electron chi connectivity index (χ1n) is 26.1. The van der Waals surface area contributed by atoms with Gasteiger partial charge in [-0.1, -0.05) is 212 Å². The third-order valence-electron chi connectivity index (χ3n) is 15.0. The van der Waals surface area contributed by atoms with Gasteiger partial charge >= 0.3 is 0 Å². The van der Waals surface area contributed by atoms with E-state index in [4.69, 9.17) is 13.3 Å². The highest BCUT2D eigenvalue weighted by molar-refractivity contribution is 6.16. The molecule has 0 amide bonds. The average Bonchev–Trinajstić information content (AvgIpc) is 4.23. The predicted molar refractivity (Wildman–Crippen MR) is 319 cm³/mol. The molecule has 0 radical (unpaired) electrons. The van der Waals surface area contributed by atoms with E-state index in [9.17, 15) is 0 Å². The van der Waals surface area contributed by atoms with Gasteiger partial charge in [0.1, 0.15) is 27.9 Å². The quantitative estimate of drug-likeness (QED) is 0.137. The van der Waals surface area contributed by atoms with E-state index in [-0.39, 0.29) is 0 Å². The molecule has 5 heteroatoms. The number of rotatable bonds is 10. The third kappa shape index (κ3) is 7.47. The van der Waals surface area contributed by atoms with Crippen molar-refractivity contribution >= 4 is 99.9 Å². The SMILES string of the molecule is c1ccc(-c2cccc(-c3ccccc3)c2N(c2ccc3oc4ccccc4c3c2)c2cc(N(c3ccc4oc5ccccc5c4c3)c3c(-c4ccccc4)cccc3-c3ccccc3)c3oc4ccccc4c3c2)cc1. The fourth-order valence-corrected chi connectivity index (χ4v) is 11.6. The van der Waals surface area contributed by atoms with Crippen LogP contribution in [0.25, 0.3) is 110 Å². The smallest absolute Gasteiger partial charge is 0.159 e. The fourth-order valence-electron chi connectivity index (χ4n) is 11.6. The fraction of sp³-hybridized carbons (Fsp3) is 0. The molecule has 12 aromatic carbocycles. The van der Waals surface area contributed by atoms with Gasteiger partial charge in [-0.25, -0.2) is 0 Å². The number of furan rings is 3. The minimum absolute atomic E-state index is 0.754. The van der Waals surface area contributed by atoms with E-state index in [1.807, 2.05) is 24.3 Å². The zero-order chi connectivity index (χ0) is 50.8. The molecule has 0 unspecified atom stereocenters. The van der Waals surface area contributed by atoms with Crippen LogP contribution < -0.4 is 9.80 Å². The molecule has 362 valence electrons. The maximum absolute atomic E-state index is 7.28. The van der Waals surface area contributed by atoms with Gasteiger partial charge in [0.05, 0.1) is 17.1 Å². The molecule has 0 saturated heterocycles. The lowest BCUT2D eigenvalue weighted by atomic mass is 9.93. The second-order valence-corrected chi connectivity index (χ2v) is 19.5. The lowest BCUT2D eigenvalue weighted by Crippen LogP contribution is -2.16. The van der Waals surface area contributed by atoms with Gasteiger partial charge < -0.3 is 23.1 Å². The van der Waals surface area contributed by atoms with Crippen LogP contribution in [0, 0.1) is 0 Å². The van der Waals surface area contributed by atoms with Crippen molar-refractivity contribution in [2.24, 2.45) is 0 Å². The zero-order valence-electron chi connectivity index (χ0n) is 41.7. The molecule has 77 heavy (non-hydrogen) atoms. The monoisotopic (exact) mass is 986 g/mol. The van der Waals surface area contributed by atoms with E-state index in [0.717, 1.165) is 144 Å². The summed E-state index contributed by atoms with van der Waals surface area (Å²) in [6, 6.07) is 99.2. The van der Waals surface area contributed by atoms with E-state index in [1.54, 1.807) is 0 Å². The van der Waals surface area contributed by atoms with Gasteiger partial charge in [0.15, 0.2) is 5.58 Å². The molecular weight excluding hydrogens is 941 g/mol. The van der Waals surface area contributed by atoms with Crippen LogP contribution in [-0.2, 0) is 0 Å². The highest BCUT2D eigenvalue weighted by atomic mass is 16.3. The summed E-state index contributed by atoms with van der Waals surface area (Å²) in [7, 11) is 0. The minimum Gasteiger partial charge on any atom is -0.456 e. The highest BCUT2D eigenvalue weighted by Crippen LogP contribution is 2.54. The topological polar surface area (TPSA) is 45.9 Å². The van der Waals surface area contributed by atoms with E-state index < -0.39 is 0 Å². The number of benzene rings is 12. The third-order valence-corrected chi connectivity index (χ3v) is 15.0. The first kappa shape index (κ1) is 44.2. The Morgan fingerprint density at radius 3 is 1.00 bits per heavy atom. The lowest BCUT2D eigenvalue weighted by Gasteiger charge is -2.33. The molecule has 0 aliphatic rings. The molecule has 15 rings (SSSR count). The Bertz CT molecular complexity index is 4580. The summed E-state index contributed by atoms with van der Waals surface area (Å²) in [5.74, 6) is 0. The minimum atomic E-state index is 0.754. The Kier molecular flexibility index (Phi) is 10.5. The standard InChI is InChI=1S/C72H46N2O3/c1-5-21-47(22-6-1)54-32-19-33-55(48-23-7-2-8-24-48)70(54)73(51-39-41-68-61(43-51)58-29-13-16-36-65(58)75-68)53-45-63-60-31-15-18-38-67(60)77-72(63)64(46-53)74(52-40-42-69-62(44-52)59-30-14-17-37-66(59)76-69)71-56(49-25-9-3-10-26-49)34-20-35-57(71)50-27-11-4-12-28-50/h1-46H. The molecule has 5 nitrogen and oxygen atoms in total. The summed E-state index contributed by atoms with van der Waals surface area (Å²) in [5.41, 5.74) is 19.3. The first-order chi connectivity index (χ1) is 38.2. The summed E-state index contributed by atoms with van der Waals surface area (Å²) in [6.07, 6.45) is 0.